The fraction of sp³-hybridized carbons (Fsp3) is 0.917. The number of aliphatic hydroxyl groups is 4. The van der Waals surface area contributed by atoms with Crippen LogP contribution >= 0.6 is 0 Å². The standard InChI is InChI=1S/C36H58O8/c1-31(2)23-10-13-36(7)24(34(23,5)12-11-25(31)44-29-28(40)27(39)26(38)22(19-37)43-29)9-8-20-21-18-33(4,30(41)42)15-14-32(21,3)16-17-35(20,36)6/h8,21-29,37-40H,9-19H2,1-7H3,(H,41,42)/t21-,22+,23-,24+,25-,26+,27-,28+,29-,32+,33-,34-,35+,36+/m0/s1. The molecule has 0 spiro atoms. The number of aliphatic carboxylic acids is 1. The Morgan fingerprint density at radius 3 is 2.23 bits per heavy atom. The van der Waals surface area contributed by atoms with E-state index >= 15 is 0 Å². The third-order valence-electron chi connectivity index (χ3n) is 15.4. The number of fused-ring (bicyclic) bond motifs is 7. The van der Waals surface area contributed by atoms with Crippen LogP contribution in [0.2, 0.25) is 0 Å². The summed E-state index contributed by atoms with van der Waals surface area (Å²) in [6.07, 6.45) is 5.83. The van der Waals surface area contributed by atoms with Gasteiger partial charge in [0.2, 0.25) is 0 Å². The van der Waals surface area contributed by atoms with Gasteiger partial charge in [-0.3, -0.25) is 4.79 Å². The zero-order valence-electron chi connectivity index (χ0n) is 28.0. The molecule has 6 aliphatic rings. The van der Waals surface area contributed by atoms with Gasteiger partial charge in [0.25, 0.3) is 0 Å². The Hall–Kier alpha value is -1.03. The average molecular weight is 619 g/mol. The van der Waals surface area contributed by atoms with Gasteiger partial charge in [-0.05, 0) is 116 Å². The molecule has 0 aromatic carbocycles. The van der Waals surface area contributed by atoms with Crippen LogP contribution in [-0.4, -0.2) is 74.9 Å². The Kier molecular flexibility index (Phi) is 7.84. The van der Waals surface area contributed by atoms with Crippen molar-refractivity contribution < 1.29 is 39.8 Å². The molecule has 1 aliphatic heterocycles. The van der Waals surface area contributed by atoms with Crippen molar-refractivity contribution in [1.29, 1.82) is 0 Å². The second-order valence-electron chi connectivity index (χ2n) is 17.8. The maximum absolute atomic E-state index is 12.4. The zero-order valence-corrected chi connectivity index (χ0v) is 28.0. The molecule has 0 aromatic rings. The lowest BCUT2D eigenvalue weighted by Gasteiger charge is -2.71. The molecule has 0 unspecified atom stereocenters. The highest BCUT2D eigenvalue weighted by molar-refractivity contribution is 5.74. The van der Waals surface area contributed by atoms with Crippen molar-refractivity contribution in [2.24, 2.45) is 50.2 Å². The molecule has 5 aliphatic carbocycles. The Labute approximate surface area is 263 Å². The molecular weight excluding hydrogens is 560 g/mol. The number of hydrogen-bond donors (Lipinski definition) is 5. The van der Waals surface area contributed by atoms with Crippen LogP contribution in [0.4, 0.5) is 0 Å². The quantitative estimate of drug-likeness (QED) is 0.218. The number of carbonyl (C=O) groups is 1. The first-order valence-electron chi connectivity index (χ1n) is 17.3. The van der Waals surface area contributed by atoms with Crippen LogP contribution in [0.1, 0.15) is 113 Å². The van der Waals surface area contributed by atoms with Gasteiger partial charge in [0.15, 0.2) is 6.29 Å². The average Bonchev–Trinajstić information content (AvgIpc) is 2.95. The van der Waals surface area contributed by atoms with Crippen molar-refractivity contribution >= 4 is 5.97 Å². The minimum atomic E-state index is -1.45. The summed E-state index contributed by atoms with van der Waals surface area (Å²) in [7, 11) is 0. The summed E-state index contributed by atoms with van der Waals surface area (Å²) < 4.78 is 12.2. The summed E-state index contributed by atoms with van der Waals surface area (Å²) in [6, 6.07) is 0. The highest BCUT2D eigenvalue weighted by Crippen LogP contribution is 2.75. The van der Waals surface area contributed by atoms with E-state index in [0.717, 1.165) is 64.2 Å². The van der Waals surface area contributed by atoms with Crippen LogP contribution in [0, 0.1) is 50.2 Å². The van der Waals surface area contributed by atoms with Gasteiger partial charge >= 0.3 is 5.97 Å². The van der Waals surface area contributed by atoms with E-state index in [1.54, 1.807) is 5.57 Å². The van der Waals surface area contributed by atoms with Crippen LogP contribution < -0.4 is 0 Å². The number of rotatable bonds is 4. The highest BCUT2D eigenvalue weighted by atomic mass is 16.7. The van der Waals surface area contributed by atoms with Crippen molar-refractivity contribution in [2.75, 3.05) is 6.61 Å². The van der Waals surface area contributed by atoms with Gasteiger partial charge in [-0.1, -0.05) is 53.2 Å². The molecule has 44 heavy (non-hydrogen) atoms. The zero-order chi connectivity index (χ0) is 32.3. The van der Waals surface area contributed by atoms with Crippen molar-refractivity contribution in [3.8, 4) is 0 Å². The minimum absolute atomic E-state index is 0.0403. The Morgan fingerprint density at radius 1 is 0.886 bits per heavy atom. The number of hydrogen-bond acceptors (Lipinski definition) is 7. The van der Waals surface area contributed by atoms with Crippen LogP contribution in [0.5, 0.6) is 0 Å². The largest absolute Gasteiger partial charge is 0.481 e. The number of carboxylic acids is 1. The molecule has 1 saturated heterocycles. The van der Waals surface area contributed by atoms with E-state index in [1.807, 2.05) is 6.92 Å². The smallest absolute Gasteiger partial charge is 0.309 e. The molecule has 6 rings (SSSR count). The van der Waals surface area contributed by atoms with Crippen LogP contribution in [0.3, 0.4) is 0 Å². The van der Waals surface area contributed by atoms with Crippen LogP contribution in [0.25, 0.3) is 0 Å². The topological polar surface area (TPSA) is 137 Å². The first-order valence-corrected chi connectivity index (χ1v) is 17.3. The molecule has 5 N–H and O–H groups in total. The summed E-state index contributed by atoms with van der Waals surface area (Å²) in [5.74, 6) is 0.548. The second-order valence-corrected chi connectivity index (χ2v) is 17.8. The normalized spacial score (nSPS) is 55.1. The van der Waals surface area contributed by atoms with Crippen molar-refractivity contribution in [2.45, 2.75) is 149 Å². The van der Waals surface area contributed by atoms with Gasteiger partial charge in [0, 0.05) is 0 Å². The number of ether oxygens (including phenoxy) is 2. The van der Waals surface area contributed by atoms with E-state index in [0.29, 0.717) is 17.8 Å². The molecule has 1 heterocycles. The van der Waals surface area contributed by atoms with E-state index in [9.17, 15) is 30.3 Å². The molecule has 4 saturated carbocycles. The van der Waals surface area contributed by atoms with Gasteiger partial charge in [-0.25, -0.2) is 0 Å². The Morgan fingerprint density at radius 2 is 1.57 bits per heavy atom. The van der Waals surface area contributed by atoms with Crippen LogP contribution in [-0.2, 0) is 14.3 Å². The van der Waals surface area contributed by atoms with Crippen LogP contribution in [0.15, 0.2) is 11.6 Å². The lowest BCUT2D eigenvalue weighted by atomic mass is 9.33. The number of carboxylic acid groups (broad SMARTS) is 1. The van der Waals surface area contributed by atoms with Crippen molar-refractivity contribution in [1.82, 2.24) is 0 Å². The molecule has 8 heteroatoms. The van der Waals surface area contributed by atoms with Gasteiger partial charge in [-0.2, -0.15) is 0 Å². The predicted octanol–water partition coefficient (Wildman–Crippen LogP) is 5.06. The maximum Gasteiger partial charge on any atom is 0.309 e. The molecule has 14 atom stereocenters. The third-order valence-corrected chi connectivity index (χ3v) is 15.4. The first kappa shape index (κ1) is 32.9. The van der Waals surface area contributed by atoms with E-state index in [4.69, 9.17) is 9.47 Å². The van der Waals surface area contributed by atoms with Gasteiger partial charge in [0.1, 0.15) is 24.4 Å². The van der Waals surface area contributed by atoms with Gasteiger partial charge in [0.05, 0.1) is 18.1 Å². The highest BCUT2D eigenvalue weighted by Gasteiger charge is 2.68. The summed E-state index contributed by atoms with van der Waals surface area (Å²) >= 11 is 0. The first-order chi connectivity index (χ1) is 20.4. The second kappa shape index (κ2) is 10.5. The Balaban J connectivity index is 1.28. The van der Waals surface area contributed by atoms with Gasteiger partial charge < -0.3 is 35.0 Å². The molecule has 250 valence electrons. The van der Waals surface area contributed by atoms with E-state index in [-0.39, 0.29) is 33.2 Å². The summed E-state index contributed by atoms with van der Waals surface area (Å²) in [5, 5.41) is 51.2. The maximum atomic E-state index is 12.4. The van der Waals surface area contributed by atoms with E-state index in [1.165, 1.54) is 0 Å². The molecular formula is C36H58O8. The summed E-state index contributed by atoms with van der Waals surface area (Å²) in [4.78, 5) is 12.4. The lowest BCUT2D eigenvalue weighted by molar-refractivity contribution is -0.330. The minimum Gasteiger partial charge on any atom is -0.481 e. The fourth-order valence-corrected chi connectivity index (χ4v) is 12.1. The van der Waals surface area contributed by atoms with E-state index < -0.39 is 48.7 Å². The SMILES string of the molecule is CC1(C)[C@@H](O[C@@H]2O[C@H](CO)[C@@H](O)[C@H](O)[C@H]2O)CC[C@]2(C)[C@H]3CC=C4[C@@H]5C[C@@](C)(C(=O)O)CC[C@]5(C)CC[C@@]4(C)[C@]3(C)CC[C@@H]12. The summed E-state index contributed by atoms with van der Waals surface area (Å²) in [6.45, 7) is 16.0. The molecule has 5 fully saturated rings. The Bertz CT molecular complexity index is 1180. The number of aliphatic hydroxyl groups excluding tert-OH is 4. The monoisotopic (exact) mass is 618 g/mol. The van der Waals surface area contributed by atoms with E-state index in [2.05, 4.69) is 47.6 Å². The van der Waals surface area contributed by atoms with Gasteiger partial charge in [-0.15, -0.1) is 0 Å². The molecule has 8 nitrogen and oxygen atoms in total. The fourth-order valence-electron chi connectivity index (χ4n) is 12.1. The predicted molar refractivity (Wildman–Crippen MR) is 165 cm³/mol. The number of allylic oxidation sites excluding steroid dienone is 2. The molecule has 0 radical (unpaired) electrons. The van der Waals surface area contributed by atoms with Crippen molar-refractivity contribution in [3.05, 3.63) is 11.6 Å². The summed E-state index contributed by atoms with van der Waals surface area (Å²) in [5.41, 5.74) is 1.08. The lowest BCUT2D eigenvalue weighted by Crippen LogP contribution is -2.65. The molecule has 0 bridgehead atoms. The molecule has 0 amide bonds. The van der Waals surface area contributed by atoms with Crippen molar-refractivity contribution in [3.63, 3.8) is 0 Å². The molecule has 0 aromatic heterocycles. The third kappa shape index (κ3) is 4.40.